The molecule has 3 aromatic rings. The normalized spacial score (nSPS) is 21.6. The van der Waals surface area contributed by atoms with Gasteiger partial charge >= 0.3 is 12.1 Å². The molecule has 2 atom stereocenters. The first-order valence-corrected chi connectivity index (χ1v) is 18.1. The number of benzene rings is 2. The number of amides is 5. The number of anilines is 1. The van der Waals surface area contributed by atoms with Crippen molar-refractivity contribution in [1.82, 2.24) is 40.0 Å². The summed E-state index contributed by atoms with van der Waals surface area (Å²) in [6.45, 7) is 11.5. The number of aryl methyl sites for hydroxylation is 1. The second-order valence-corrected chi connectivity index (χ2v) is 14.5. The number of likely N-dealkylation sites (tertiary alicyclic amines) is 2. The summed E-state index contributed by atoms with van der Waals surface area (Å²) in [4.78, 5) is 52.1. The van der Waals surface area contributed by atoms with Crippen LogP contribution in [0.3, 0.4) is 0 Å². The zero-order chi connectivity index (χ0) is 34.1. The number of nitrogens with one attached hydrogen (secondary N) is 3. The zero-order valence-corrected chi connectivity index (χ0v) is 29.2. The maximum Gasteiger partial charge on any atom is 0.322 e. The lowest BCUT2D eigenvalue weighted by Gasteiger charge is -2.43. The first-order chi connectivity index (χ1) is 23.7. The highest BCUT2D eigenvalue weighted by Gasteiger charge is 2.37. The van der Waals surface area contributed by atoms with E-state index in [1.54, 1.807) is 0 Å². The van der Waals surface area contributed by atoms with E-state index in [1.165, 1.54) is 0 Å². The summed E-state index contributed by atoms with van der Waals surface area (Å²) in [5.41, 5.74) is 5.07. The van der Waals surface area contributed by atoms with Crippen molar-refractivity contribution in [3.05, 3.63) is 59.3 Å². The highest BCUT2D eigenvalue weighted by Crippen LogP contribution is 2.29. The molecule has 0 spiro atoms. The first kappa shape index (κ1) is 33.3. The van der Waals surface area contributed by atoms with Crippen LogP contribution >= 0.6 is 0 Å². The Morgan fingerprint density at radius 2 is 1.59 bits per heavy atom. The number of nitrogens with zero attached hydrogens (tertiary/aromatic N) is 6. The minimum atomic E-state index is -0.705. The molecule has 4 aliphatic rings. The minimum Gasteiger partial charge on any atom is -0.341 e. The molecule has 5 heterocycles. The van der Waals surface area contributed by atoms with Gasteiger partial charge in [-0.3, -0.25) is 14.8 Å². The van der Waals surface area contributed by atoms with Crippen LogP contribution < -0.4 is 10.6 Å². The van der Waals surface area contributed by atoms with Gasteiger partial charge in [0.15, 0.2) is 0 Å². The van der Waals surface area contributed by atoms with Gasteiger partial charge in [0.1, 0.15) is 6.04 Å². The van der Waals surface area contributed by atoms with Crippen LogP contribution in [0, 0.1) is 6.92 Å². The lowest BCUT2D eigenvalue weighted by molar-refractivity contribution is -0.135. The monoisotopic (exact) mass is 669 g/mol. The maximum atomic E-state index is 14.4. The molecule has 0 bridgehead atoms. The molecular formula is C37H51N9O3. The molecule has 3 N–H and O–H groups in total. The molecule has 7 rings (SSSR count). The fourth-order valence-electron chi connectivity index (χ4n) is 8.30. The standard InChI is InChI=1S/C37H51N9O3/c1-25-22-28(23-29-24-38-41-33(25)29)26(2)34(35(47)44-13-9-30(10-14-44)43-20-18-42(3)19-21-43)40-36(48)45-15-11-31(12-16-45)46-17-8-27-6-4-5-7-32(27)39-37(46)49/h4-7,22-24,26,30-31,34H,8-21H2,1-3H3,(H,38,41)(H,39,49)(H,40,48). The Bertz CT molecular complexity index is 1650. The van der Waals surface area contributed by atoms with Crippen molar-refractivity contribution < 1.29 is 14.4 Å². The molecule has 3 fully saturated rings. The number of urea groups is 2. The number of H-pyrrole nitrogens is 1. The zero-order valence-electron chi connectivity index (χ0n) is 29.2. The Morgan fingerprint density at radius 1 is 0.898 bits per heavy atom. The molecule has 0 saturated carbocycles. The fourth-order valence-corrected chi connectivity index (χ4v) is 8.30. The maximum absolute atomic E-state index is 14.4. The third-order valence-electron chi connectivity index (χ3n) is 11.5. The number of para-hydroxylation sites is 1. The Morgan fingerprint density at radius 3 is 2.35 bits per heavy atom. The number of aromatic amines is 1. The first-order valence-electron chi connectivity index (χ1n) is 18.1. The van der Waals surface area contributed by atoms with Crippen molar-refractivity contribution in [1.29, 1.82) is 0 Å². The molecule has 2 unspecified atom stereocenters. The highest BCUT2D eigenvalue weighted by atomic mass is 16.2. The van der Waals surface area contributed by atoms with Crippen LogP contribution in [0.15, 0.2) is 42.6 Å². The lowest BCUT2D eigenvalue weighted by atomic mass is 9.89. The smallest absolute Gasteiger partial charge is 0.322 e. The van der Waals surface area contributed by atoms with Crippen LogP contribution in [0.4, 0.5) is 15.3 Å². The van der Waals surface area contributed by atoms with Crippen molar-refractivity contribution in [2.24, 2.45) is 0 Å². The summed E-state index contributed by atoms with van der Waals surface area (Å²) in [5.74, 6) is -0.261. The van der Waals surface area contributed by atoms with Crippen molar-refractivity contribution in [3.8, 4) is 0 Å². The Hall–Kier alpha value is -4.16. The van der Waals surface area contributed by atoms with Gasteiger partial charge in [0, 0.05) is 88.0 Å². The van der Waals surface area contributed by atoms with Crippen molar-refractivity contribution in [2.45, 2.75) is 70.0 Å². The summed E-state index contributed by atoms with van der Waals surface area (Å²) in [7, 11) is 2.18. The van der Waals surface area contributed by atoms with Gasteiger partial charge in [0.2, 0.25) is 5.91 Å². The second kappa shape index (κ2) is 14.4. The Balaban J connectivity index is 1.02. The van der Waals surface area contributed by atoms with E-state index in [2.05, 4.69) is 55.9 Å². The van der Waals surface area contributed by atoms with Gasteiger partial charge in [0.05, 0.1) is 11.7 Å². The molecule has 2 aromatic carbocycles. The van der Waals surface area contributed by atoms with E-state index in [0.717, 1.165) is 78.7 Å². The average molecular weight is 670 g/mol. The molecule has 4 aliphatic heterocycles. The SMILES string of the molecule is Cc1cc(C(C)C(NC(=O)N2CCC(N3CCc4ccccc4NC3=O)CC2)C(=O)N2CCC(N3CCN(C)CC3)CC2)cc2cn[nH]c12. The number of carbonyl (C=O) groups excluding carboxylic acids is 3. The largest absolute Gasteiger partial charge is 0.341 e. The van der Waals surface area contributed by atoms with Gasteiger partial charge in [-0.05, 0) is 74.9 Å². The topological polar surface area (TPSA) is 120 Å². The van der Waals surface area contributed by atoms with E-state index in [4.69, 9.17) is 0 Å². The molecule has 12 nitrogen and oxygen atoms in total. The number of hydrogen-bond acceptors (Lipinski definition) is 6. The number of likely N-dealkylation sites (N-methyl/N-ethyl adjacent to an activating group) is 1. The number of piperazine rings is 1. The highest BCUT2D eigenvalue weighted by molar-refractivity contribution is 5.91. The quantitative estimate of drug-likeness (QED) is 0.367. The second-order valence-electron chi connectivity index (χ2n) is 14.5. The van der Waals surface area contributed by atoms with Gasteiger partial charge in [-0.2, -0.15) is 5.10 Å². The van der Waals surface area contributed by atoms with Crippen molar-refractivity contribution in [3.63, 3.8) is 0 Å². The number of carbonyl (C=O) groups is 3. The van der Waals surface area contributed by atoms with E-state index in [9.17, 15) is 14.4 Å². The van der Waals surface area contributed by atoms with Crippen LogP contribution in [0.25, 0.3) is 10.9 Å². The number of fused-ring (bicyclic) bond motifs is 2. The van der Waals surface area contributed by atoms with Gasteiger partial charge in [0.25, 0.3) is 0 Å². The molecular weight excluding hydrogens is 618 g/mol. The number of piperidine rings is 2. The summed E-state index contributed by atoms with van der Waals surface area (Å²) in [5, 5.41) is 14.6. The van der Waals surface area contributed by atoms with E-state index in [-0.39, 0.29) is 29.9 Å². The molecule has 0 radical (unpaired) electrons. The Kier molecular flexibility index (Phi) is 9.77. The molecule has 12 heteroatoms. The number of hydrogen-bond donors (Lipinski definition) is 3. The summed E-state index contributed by atoms with van der Waals surface area (Å²) < 4.78 is 0. The van der Waals surface area contributed by atoms with Gasteiger partial charge in [-0.1, -0.05) is 31.2 Å². The molecule has 1 aromatic heterocycles. The lowest BCUT2D eigenvalue weighted by Crippen LogP contribution is -2.58. The Labute approximate surface area is 289 Å². The molecule has 262 valence electrons. The van der Waals surface area contributed by atoms with Crippen molar-refractivity contribution >= 4 is 34.6 Å². The number of aromatic nitrogens is 2. The van der Waals surface area contributed by atoms with Crippen LogP contribution in [-0.2, 0) is 11.2 Å². The van der Waals surface area contributed by atoms with E-state index < -0.39 is 6.04 Å². The fraction of sp³-hybridized carbons (Fsp3) is 0.568. The van der Waals surface area contributed by atoms with Crippen molar-refractivity contribution in [2.75, 3.05) is 71.3 Å². The van der Waals surface area contributed by atoms with Gasteiger partial charge < -0.3 is 30.2 Å². The third kappa shape index (κ3) is 7.12. The van der Waals surface area contributed by atoms with Gasteiger partial charge in [-0.25, -0.2) is 9.59 Å². The van der Waals surface area contributed by atoms with Crippen LogP contribution in [0.1, 0.15) is 55.2 Å². The minimum absolute atomic E-state index is 0.0155. The number of rotatable bonds is 6. The van der Waals surface area contributed by atoms with E-state index in [1.807, 2.05) is 52.9 Å². The van der Waals surface area contributed by atoms with Crippen LogP contribution in [-0.4, -0.2) is 137 Å². The average Bonchev–Trinajstić information content (AvgIpc) is 3.54. The predicted molar refractivity (Wildman–Crippen MR) is 191 cm³/mol. The van der Waals surface area contributed by atoms with Crippen LogP contribution in [0.5, 0.6) is 0 Å². The van der Waals surface area contributed by atoms with Crippen LogP contribution in [0.2, 0.25) is 0 Å². The summed E-state index contributed by atoms with van der Waals surface area (Å²) in [6.07, 6.45) is 5.90. The molecule has 0 aliphatic carbocycles. The van der Waals surface area contributed by atoms with E-state index in [0.29, 0.717) is 51.6 Å². The molecule has 5 amide bonds. The third-order valence-corrected chi connectivity index (χ3v) is 11.5. The molecule has 49 heavy (non-hydrogen) atoms. The van der Waals surface area contributed by atoms with E-state index >= 15 is 0 Å². The van der Waals surface area contributed by atoms with Gasteiger partial charge in [-0.15, -0.1) is 0 Å². The predicted octanol–water partition coefficient (Wildman–Crippen LogP) is 3.85. The molecule has 3 saturated heterocycles. The summed E-state index contributed by atoms with van der Waals surface area (Å²) >= 11 is 0. The summed E-state index contributed by atoms with van der Waals surface area (Å²) in [6, 6.07) is 11.7.